The number of carbonyl (C=O) groups is 3. The number of carbonyl (C=O) groups excluding carboxylic acids is 3. The number of halogens is 3. The number of imide groups is 2. The average Bonchev–Trinajstić information content (AvgIpc) is 2.78. The zero-order chi connectivity index (χ0) is 23.5. The van der Waals surface area contributed by atoms with Crippen molar-refractivity contribution in [1.82, 2.24) is 10.2 Å². The lowest BCUT2D eigenvalue weighted by atomic mass is 9.93. The van der Waals surface area contributed by atoms with Crippen LogP contribution in [0.15, 0.2) is 42.0 Å². The quantitative estimate of drug-likeness (QED) is 0.261. The molecule has 1 aliphatic carbocycles. The van der Waals surface area contributed by atoms with E-state index in [9.17, 15) is 14.4 Å². The van der Waals surface area contributed by atoms with Gasteiger partial charge in [0.25, 0.3) is 11.8 Å². The highest BCUT2D eigenvalue weighted by atomic mass is 127. The van der Waals surface area contributed by atoms with E-state index in [0.29, 0.717) is 21.4 Å². The molecule has 172 valence electrons. The number of benzene rings is 2. The van der Waals surface area contributed by atoms with Gasteiger partial charge >= 0.3 is 6.03 Å². The molecule has 1 heterocycles. The molecule has 0 unspecified atom stereocenters. The molecule has 4 rings (SSSR count). The lowest BCUT2D eigenvalue weighted by Crippen LogP contribution is -2.58. The smallest absolute Gasteiger partial charge is 0.331 e. The standard InChI is InChI=1S/C24H21Cl2IN2O4/c25-16-8-7-15(19(26)12-16)13-33-21-9-6-14(11-20(21)27)10-18-22(30)28-24(32)29(23(18)31)17-4-2-1-3-5-17/h6-12,17H,1-5,13H2,(H,28,30,32). The molecule has 1 saturated heterocycles. The van der Waals surface area contributed by atoms with Crippen LogP contribution in [0.5, 0.6) is 5.75 Å². The third-order valence-electron chi connectivity index (χ3n) is 5.74. The number of ether oxygens (including phenoxy) is 1. The van der Waals surface area contributed by atoms with Crippen LogP contribution in [0.2, 0.25) is 10.0 Å². The molecule has 4 amide bonds. The summed E-state index contributed by atoms with van der Waals surface area (Å²) in [6, 6.07) is 9.77. The Morgan fingerprint density at radius 2 is 1.82 bits per heavy atom. The van der Waals surface area contributed by atoms with Gasteiger partial charge in [-0.25, -0.2) is 4.79 Å². The highest BCUT2D eigenvalue weighted by Gasteiger charge is 2.40. The van der Waals surface area contributed by atoms with Crippen LogP contribution in [-0.2, 0) is 16.2 Å². The molecule has 2 fully saturated rings. The van der Waals surface area contributed by atoms with Gasteiger partial charge in [-0.1, -0.05) is 54.6 Å². The molecule has 1 N–H and O–H groups in total. The Labute approximate surface area is 215 Å². The van der Waals surface area contributed by atoms with Gasteiger partial charge in [0, 0.05) is 21.7 Å². The fraction of sp³-hybridized carbons (Fsp3) is 0.292. The first-order valence-corrected chi connectivity index (χ1v) is 12.4. The molecule has 9 heteroatoms. The SMILES string of the molecule is O=C1NC(=O)N(C2CCCCC2)C(=O)C1=Cc1ccc(OCc2ccc(Cl)cc2Cl)c(I)c1. The summed E-state index contributed by atoms with van der Waals surface area (Å²) in [7, 11) is 0. The van der Waals surface area contributed by atoms with Gasteiger partial charge in [0.15, 0.2) is 0 Å². The summed E-state index contributed by atoms with van der Waals surface area (Å²) in [5.74, 6) is -0.574. The molecule has 0 aromatic heterocycles. The molecule has 33 heavy (non-hydrogen) atoms. The molecule has 2 aromatic carbocycles. The van der Waals surface area contributed by atoms with Crippen molar-refractivity contribution in [2.75, 3.05) is 0 Å². The third-order valence-corrected chi connectivity index (χ3v) is 7.17. The lowest BCUT2D eigenvalue weighted by molar-refractivity contribution is -0.132. The Bertz CT molecular complexity index is 1150. The van der Waals surface area contributed by atoms with Crippen LogP contribution in [0.25, 0.3) is 6.08 Å². The van der Waals surface area contributed by atoms with Crippen molar-refractivity contribution >= 4 is 69.7 Å². The van der Waals surface area contributed by atoms with E-state index in [1.807, 2.05) is 12.1 Å². The van der Waals surface area contributed by atoms with Gasteiger partial charge in [0.1, 0.15) is 17.9 Å². The molecule has 0 spiro atoms. The monoisotopic (exact) mass is 598 g/mol. The van der Waals surface area contributed by atoms with Gasteiger partial charge in [-0.05, 0) is 71.3 Å². The summed E-state index contributed by atoms with van der Waals surface area (Å²) in [4.78, 5) is 39.0. The minimum atomic E-state index is -0.676. The van der Waals surface area contributed by atoms with Crippen LogP contribution >= 0.6 is 45.8 Å². The molecule has 2 aromatic rings. The van der Waals surface area contributed by atoms with Gasteiger partial charge < -0.3 is 4.74 Å². The summed E-state index contributed by atoms with van der Waals surface area (Å²) >= 11 is 14.3. The molecule has 0 atom stereocenters. The van der Waals surface area contributed by atoms with E-state index in [1.54, 1.807) is 24.3 Å². The second-order valence-electron chi connectivity index (χ2n) is 8.00. The third kappa shape index (κ3) is 5.53. The maximum atomic E-state index is 13.0. The maximum absolute atomic E-state index is 13.0. The first-order chi connectivity index (χ1) is 15.8. The van der Waals surface area contributed by atoms with Crippen molar-refractivity contribution in [2.24, 2.45) is 0 Å². The molecule has 0 radical (unpaired) electrons. The number of rotatable bonds is 5. The van der Waals surface area contributed by atoms with Crippen LogP contribution in [0, 0.1) is 3.57 Å². The van der Waals surface area contributed by atoms with Crippen LogP contribution < -0.4 is 10.1 Å². The van der Waals surface area contributed by atoms with Gasteiger partial charge in [-0.15, -0.1) is 0 Å². The molecule has 0 bridgehead atoms. The summed E-state index contributed by atoms with van der Waals surface area (Å²) in [6.07, 6.45) is 6.08. The Hall–Kier alpha value is -2.10. The Morgan fingerprint density at radius 3 is 2.52 bits per heavy atom. The number of amides is 4. The van der Waals surface area contributed by atoms with Crippen molar-refractivity contribution in [3.05, 3.63) is 66.7 Å². The van der Waals surface area contributed by atoms with Crippen LogP contribution in [0.4, 0.5) is 4.79 Å². The lowest BCUT2D eigenvalue weighted by Gasteiger charge is -2.35. The number of hydrogen-bond acceptors (Lipinski definition) is 4. The predicted octanol–water partition coefficient (Wildman–Crippen LogP) is 5.97. The van der Waals surface area contributed by atoms with Gasteiger partial charge in [-0.2, -0.15) is 0 Å². The zero-order valence-electron chi connectivity index (χ0n) is 17.6. The Kier molecular flexibility index (Phi) is 7.61. The zero-order valence-corrected chi connectivity index (χ0v) is 21.2. The Morgan fingerprint density at radius 1 is 1.06 bits per heavy atom. The highest BCUT2D eigenvalue weighted by molar-refractivity contribution is 14.1. The number of barbiturate groups is 1. The average molecular weight is 599 g/mol. The first-order valence-electron chi connectivity index (χ1n) is 10.6. The van der Waals surface area contributed by atoms with E-state index < -0.39 is 17.8 Å². The number of nitrogens with zero attached hydrogens (tertiary/aromatic N) is 1. The van der Waals surface area contributed by atoms with E-state index in [4.69, 9.17) is 27.9 Å². The normalized spacial score (nSPS) is 18.6. The fourth-order valence-corrected chi connectivity index (χ4v) is 5.18. The predicted molar refractivity (Wildman–Crippen MR) is 135 cm³/mol. The van der Waals surface area contributed by atoms with Crippen molar-refractivity contribution in [3.8, 4) is 5.75 Å². The van der Waals surface area contributed by atoms with Crippen molar-refractivity contribution in [1.29, 1.82) is 0 Å². The summed E-state index contributed by atoms with van der Waals surface area (Å²) in [5, 5.41) is 3.39. The largest absolute Gasteiger partial charge is 0.488 e. The highest BCUT2D eigenvalue weighted by Crippen LogP contribution is 2.29. The minimum Gasteiger partial charge on any atom is -0.488 e. The summed E-state index contributed by atoms with van der Waals surface area (Å²) in [5.41, 5.74) is 1.42. The fourth-order valence-electron chi connectivity index (χ4n) is 4.03. The Balaban J connectivity index is 1.51. The van der Waals surface area contributed by atoms with E-state index >= 15 is 0 Å². The van der Waals surface area contributed by atoms with Crippen molar-refractivity contribution in [3.63, 3.8) is 0 Å². The summed E-state index contributed by atoms with van der Waals surface area (Å²) in [6.45, 7) is 0.270. The topological polar surface area (TPSA) is 75.7 Å². The molecule has 1 saturated carbocycles. The first kappa shape index (κ1) is 24.0. The van der Waals surface area contributed by atoms with E-state index in [1.165, 1.54) is 11.0 Å². The second kappa shape index (κ2) is 10.4. The van der Waals surface area contributed by atoms with E-state index in [-0.39, 0.29) is 18.2 Å². The molecule has 2 aliphatic rings. The molecule has 1 aliphatic heterocycles. The number of nitrogens with one attached hydrogen (secondary N) is 1. The van der Waals surface area contributed by atoms with E-state index in [2.05, 4.69) is 27.9 Å². The van der Waals surface area contributed by atoms with Crippen LogP contribution in [0.1, 0.15) is 43.2 Å². The van der Waals surface area contributed by atoms with Gasteiger partial charge in [0.05, 0.1) is 3.57 Å². The molecular weight excluding hydrogens is 578 g/mol. The molecule has 6 nitrogen and oxygen atoms in total. The molecular formula is C24H21Cl2IN2O4. The van der Waals surface area contributed by atoms with Crippen LogP contribution in [-0.4, -0.2) is 28.8 Å². The number of hydrogen-bond donors (Lipinski definition) is 1. The van der Waals surface area contributed by atoms with Gasteiger partial charge in [0.2, 0.25) is 0 Å². The van der Waals surface area contributed by atoms with E-state index in [0.717, 1.165) is 41.2 Å². The summed E-state index contributed by atoms with van der Waals surface area (Å²) < 4.78 is 6.69. The second-order valence-corrected chi connectivity index (χ2v) is 10.0. The van der Waals surface area contributed by atoms with Gasteiger partial charge in [-0.3, -0.25) is 19.8 Å². The van der Waals surface area contributed by atoms with Crippen molar-refractivity contribution in [2.45, 2.75) is 44.8 Å². The maximum Gasteiger partial charge on any atom is 0.331 e. The number of urea groups is 1. The van der Waals surface area contributed by atoms with Crippen molar-refractivity contribution < 1.29 is 19.1 Å². The minimum absolute atomic E-state index is 0.0439. The van der Waals surface area contributed by atoms with Crippen LogP contribution in [0.3, 0.4) is 0 Å².